The Morgan fingerprint density at radius 1 is 1.07 bits per heavy atom. The minimum atomic E-state index is -1.43. The monoisotopic (exact) mass is 208 g/mol. The number of Topliss-reactive ketones (excluding diaryl/α,β-unsaturated/α-hetero) is 1. The lowest BCUT2D eigenvalue weighted by molar-refractivity contribution is 0.100. The number of carbonyl (C=O) groups excluding carboxylic acids is 1. The van der Waals surface area contributed by atoms with Crippen molar-refractivity contribution in [1.82, 2.24) is 0 Å². The summed E-state index contributed by atoms with van der Waals surface area (Å²) in [7, 11) is 0.500. The summed E-state index contributed by atoms with van der Waals surface area (Å²) >= 11 is 0. The van der Waals surface area contributed by atoms with E-state index in [2.05, 4.69) is 0 Å². The van der Waals surface area contributed by atoms with E-state index >= 15 is 0 Å². The summed E-state index contributed by atoms with van der Waals surface area (Å²) in [6.45, 7) is 0.973. The Kier molecular flexibility index (Phi) is 4.83. The Hall–Kier alpha value is -1.39. The maximum Gasteiger partial charge on any atom is 0.172 e. The maximum absolute atomic E-state index is 12.7. The zero-order valence-electron chi connectivity index (χ0n) is 7.57. The zero-order chi connectivity index (χ0) is 11.3. The van der Waals surface area contributed by atoms with Gasteiger partial charge < -0.3 is 0 Å². The Morgan fingerprint density at radius 3 is 1.86 bits per heavy atom. The van der Waals surface area contributed by atoms with Gasteiger partial charge in [0.15, 0.2) is 17.4 Å². The van der Waals surface area contributed by atoms with E-state index in [1.54, 1.807) is 0 Å². The molecule has 0 radical (unpaired) electrons. The first-order valence-electron chi connectivity index (χ1n) is 3.56. The van der Waals surface area contributed by atoms with Crippen molar-refractivity contribution in [2.24, 2.45) is 0 Å². The second-order valence-electron chi connectivity index (χ2n) is 2.27. The van der Waals surface area contributed by atoms with Crippen LogP contribution in [0.3, 0.4) is 0 Å². The van der Waals surface area contributed by atoms with Crippen LogP contribution in [0.25, 0.3) is 0 Å². The third-order valence-electron chi connectivity index (χ3n) is 1.40. The highest BCUT2D eigenvalue weighted by atomic mass is 19.2. The number of hydrogen-bond acceptors (Lipinski definition) is 1. The van der Waals surface area contributed by atoms with E-state index < -0.39 is 28.8 Å². The molecule has 0 unspecified atom stereocenters. The molecule has 0 saturated carbocycles. The summed E-state index contributed by atoms with van der Waals surface area (Å²) in [5, 5.41) is 0. The number of alkyl halides is 1. The predicted octanol–water partition coefficient (Wildman–Crippen LogP) is 2.89. The van der Waals surface area contributed by atoms with Crippen molar-refractivity contribution < 1.29 is 22.4 Å². The molecule has 0 amide bonds. The second kappa shape index (κ2) is 5.36. The van der Waals surface area contributed by atoms with E-state index in [1.807, 2.05) is 0 Å². The van der Waals surface area contributed by atoms with Crippen molar-refractivity contribution in [3.05, 3.63) is 35.1 Å². The fourth-order valence-electron chi connectivity index (χ4n) is 0.850. The highest BCUT2D eigenvalue weighted by Crippen LogP contribution is 2.15. The molecule has 0 N–H and O–H groups in total. The Bertz CT molecular complexity index is 336. The minimum absolute atomic E-state index is 0.500. The summed E-state index contributed by atoms with van der Waals surface area (Å²) in [5.74, 6) is -4.52. The molecular formula is C9H8F4O. The van der Waals surface area contributed by atoms with Crippen molar-refractivity contribution >= 4 is 5.78 Å². The Labute approximate surface area is 78.4 Å². The molecule has 0 aliphatic heterocycles. The summed E-state index contributed by atoms with van der Waals surface area (Å²) in [6, 6.07) is 1.35. The van der Waals surface area contributed by atoms with Crippen LogP contribution in [0.1, 0.15) is 17.3 Å². The summed E-state index contributed by atoms with van der Waals surface area (Å²) < 4.78 is 47.3. The lowest BCUT2D eigenvalue weighted by atomic mass is 10.1. The summed E-state index contributed by atoms with van der Waals surface area (Å²) in [6.07, 6.45) is 0. The lowest BCUT2D eigenvalue weighted by Crippen LogP contribution is -2.03. The molecule has 0 aromatic heterocycles. The quantitative estimate of drug-likeness (QED) is 0.394. The van der Waals surface area contributed by atoms with Crippen molar-refractivity contribution in [2.75, 3.05) is 7.18 Å². The van der Waals surface area contributed by atoms with Crippen LogP contribution < -0.4 is 0 Å². The fourth-order valence-corrected chi connectivity index (χ4v) is 0.850. The largest absolute Gasteiger partial charge is 0.294 e. The standard InChI is InChI=1S/C8H5F3O.CH3F/c1-4(12)7-5(9)2-3-6(10)8(7)11;1-2/h2-3H,1H3;1H3. The summed E-state index contributed by atoms with van der Waals surface area (Å²) in [4.78, 5) is 10.6. The molecule has 1 rings (SSSR count). The highest BCUT2D eigenvalue weighted by Gasteiger charge is 2.16. The number of ketones is 1. The molecule has 1 nitrogen and oxygen atoms in total. The third-order valence-corrected chi connectivity index (χ3v) is 1.40. The predicted molar refractivity (Wildman–Crippen MR) is 43.4 cm³/mol. The van der Waals surface area contributed by atoms with E-state index in [0.717, 1.165) is 13.0 Å². The van der Waals surface area contributed by atoms with Gasteiger partial charge in [0, 0.05) is 0 Å². The van der Waals surface area contributed by atoms with Gasteiger partial charge in [-0.15, -0.1) is 0 Å². The molecule has 0 fully saturated rings. The average Bonchev–Trinajstić information content (AvgIpc) is 2.15. The van der Waals surface area contributed by atoms with Crippen LogP contribution in [0.5, 0.6) is 0 Å². The zero-order valence-corrected chi connectivity index (χ0v) is 7.57. The number of hydrogen-bond donors (Lipinski definition) is 0. The van der Waals surface area contributed by atoms with Crippen molar-refractivity contribution in [3.63, 3.8) is 0 Å². The third kappa shape index (κ3) is 2.55. The molecule has 0 aliphatic carbocycles. The molecule has 1 aromatic carbocycles. The number of halogens is 4. The van der Waals surface area contributed by atoms with Crippen molar-refractivity contribution in [2.45, 2.75) is 6.92 Å². The number of rotatable bonds is 1. The first kappa shape index (κ1) is 12.6. The van der Waals surface area contributed by atoms with E-state index in [1.165, 1.54) is 0 Å². The first-order chi connectivity index (χ1) is 6.54. The van der Waals surface area contributed by atoms with Crippen LogP contribution >= 0.6 is 0 Å². The molecule has 0 atom stereocenters. The van der Waals surface area contributed by atoms with Gasteiger partial charge in [-0.3, -0.25) is 9.18 Å². The van der Waals surface area contributed by atoms with Gasteiger partial charge in [-0.2, -0.15) is 0 Å². The van der Waals surface area contributed by atoms with Crippen LogP contribution in [0.2, 0.25) is 0 Å². The van der Waals surface area contributed by atoms with Crippen molar-refractivity contribution in [1.29, 1.82) is 0 Å². The van der Waals surface area contributed by atoms with Crippen LogP contribution in [-0.4, -0.2) is 13.0 Å². The molecule has 0 heterocycles. The minimum Gasteiger partial charge on any atom is -0.294 e. The smallest absolute Gasteiger partial charge is 0.172 e. The van der Waals surface area contributed by atoms with Gasteiger partial charge >= 0.3 is 0 Å². The number of carbonyl (C=O) groups is 1. The summed E-state index contributed by atoms with van der Waals surface area (Å²) in [5.41, 5.74) is -0.824. The molecule has 5 heteroatoms. The van der Waals surface area contributed by atoms with E-state index in [4.69, 9.17) is 0 Å². The van der Waals surface area contributed by atoms with Gasteiger partial charge in [0.25, 0.3) is 0 Å². The topological polar surface area (TPSA) is 17.1 Å². The van der Waals surface area contributed by atoms with E-state index in [9.17, 15) is 22.4 Å². The molecule has 0 aliphatic rings. The molecule has 0 bridgehead atoms. The normalized spacial score (nSPS) is 9.00. The van der Waals surface area contributed by atoms with E-state index in [-0.39, 0.29) is 0 Å². The van der Waals surface area contributed by atoms with Crippen LogP contribution in [-0.2, 0) is 0 Å². The average molecular weight is 208 g/mol. The van der Waals surface area contributed by atoms with Gasteiger partial charge in [0.05, 0.1) is 12.7 Å². The fraction of sp³-hybridized carbons (Fsp3) is 0.222. The molecule has 0 saturated heterocycles. The van der Waals surface area contributed by atoms with Crippen LogP contribution in [0.4, 0.5) is 17.6 Å². The molecule has 0 spiro atoms. The second-order valence-corrected chi connectivity index (χ2v) is 2.27. The molecule has 78 valence electrons. The van der Waals surface area contributed by atoms with Crippen LogP contribution in [0.15, 0.2) is 12.1 Å². The maximum atomic E-state index is 12.7. The molecule has 1 aromatic rings. The van der Waals surface area contributed by atoms with Crippen molar-refractivity contribution in [3.8, 4) is 0 Å². The van der Waals surface area contributed by atoms with Gasteiger partial charge in [0.2, 0.25) is 0 Å². The Morgan fingerprint density at radius 2 is 1.50 bits per heavy atom. The number of benzene rings is 1. The highest BCUT2D eigenvalue weighted by molar-refractivity contribution is 5.94. The molecular weight excluding hydrogens is 200 g/mol. The van der Waals surface area contributed by atoms with Gasteiger partial charge in [-0.25, -0.2) is 13.2 Å². The van der Waals surface area contributed by atoms with Crippen LogP contribution in [0, 0.1) is 17.5 Å². The van der Waals surface area contributed by atoms with Gasteiger partial charge in [0.1, 0.15) is 5.82 Å². The Balaban J connectivity index is 0.000000791. The SMILES string of the molecule is CC(=O)c1c(F)ccc(F)c1F.CF. The molecule has 14 heavy (non-hydrogen) atoms. The van der Waals surface area contributed by atoms with Gasteiger partial charge in [-0.05, 0) is 19.1 Å². The van der Waals surface area contributed by atoms with E-state index in [0.29, 0.717) is 13.2 Å². The lowest BCUT2D eigenvalue weighted by Gasteiger charge is -2.00. The van der Waals surface area contributed by atoms with Gasteiger partial charge in [-0.1, -0.05) is 0 Å². The first-order valence-corrected chi connectivity index (χ1v) is 3.56.